The van der Waals surface area contributed by atoms with Gasteiger partial charge in [-0.1, -0.05) is 10.4 Å². The summed E-state index contributed by atoms with van der Waals surface area (Å²) in [5.41, 5.74) is 0.00444. The molecule has 0 spiro atoms. The fraction of sp³-hybridized carbons (Fsp3) is 1.00. The Labute approximate surface area is 86.7 Å². The maximum atomic E-state index is 5.83. The van der Waals surface area contributed by atoms with Gasteiger partial charge in [0.05, 0.1) is 31.4 Å². The largest absolute Gasteiger partial charge is 0.300 e. The summed E-state index contributed by atoms with van der Waals surface area (Å²) in [7, 11) is 23.3. The molecular formula is C8H13B4N. The zero-order valence-corrected chi connectivity index (χ0v) is 8.67. The number of hydrogen-bond donors (Lipinski definition) is 0. The lowest BCUT2D eigenvalue weighted by molar-refractivity contribution is 0.172. The summed E-state index contributed by atoms with van der Waals surface area (Å²) in [5, 5.41) is -2.00. The standard InChI is InChI=1S/C8H13B4N/c1-6(2,3)13-4-7(9,10)8(11,12)5-13/h4-5H2,1-3H3. The van der Waals surface area contributed by atoms with Crippen molar-refractivity contribution in [1.82, 2.24) is 4.90 Å². The Balaban J connectivity index is 2.83. The molecule has 13 heavy (non-hydrogen) atoms. The van der Waals surface area contributed by atoms with Gasteiger partial charge < -0.3 is 4.90 Å². The van der Waals surface area contributed by atoms with E-state index < -0.39 is 10.4 Å². The van der Waals surface area contributed by atoms with Crippen molar-refractivity contribution in [3.63, 3.8) is 0 Å². The molecule has 1 aliphatic rings. The third-order valence-corrected chi connectivity index (χ3v) is 2.72. The van der Waals surface area contributed by atoms with Crippen molar-refractivity contribution in [2.24, 2.45) is 0 Å². The molecule has 0 bridgehead atoms. The van der Waals surface area contributed by atoms with Crippen molar-refractivity contribution in [2.75, 3.05) is 13.1 Å². The van der Waals surface area contributed by atoms with Gasteiger partial charge in [-0.3, -0.25) is 0 Å². The van der Waals surface area contributed by atoms with E-state index in [-0.39, 0.29) is 5.54 Å². The minimum absolute atomic E-state index is 0.00444. The van der Waals surface area contributed by atoms with E-state index in [0.29, 0.717) is 13.1 Å². The Morgan fingerprint density at radius 3 is 1.38 bits per heavy atom. The number of hydrogen-bond acceptors (Lipinski definition) is 1. The van der Waals surface area contributed by atoms with Crippen molar-refractivity contribution in [1.29, 1.82) is 0 Å². The average molecular weight is 166 g/mol. The van der Waals surface area contributed by atoms with Gasteiger partial charge in [-0.05, 0) is 33.9 Å². The Morgan fingerprint density at radius 1 is 0.923 bits per heavy atom. The smallest absolute Gasteiger partial charge is 0.0626 e. The van der Waals surface area contributed by atoms with Gasteiger partial charge in [-0.25, -0.2) is 0 Å². The summed E-state index contributed by atoms with van der Waals surface area (Å²) in [6, 6.07) is 0. The Morgan fingerprint density at radius 2 is 1.23 bits per heavy atom. The van der Waals surface area contributed by atoms with E-state index in [1.807, 2.05) is 0 Å². The lowest BCUT2D eigenvalue weighted by Gasteiger charge is -2.35. The molecule has 0 atom stereocenters. The van der Waals surface area contributed by atoms with Crippen molar-refractivity contribution in [3.8, 4) is 0 Å². The van der Waals surface area contributed by atoms with E-state index in [1.165, 1.54) is 0 Å². The minimum atomic E-state index is -1.000. The predicted molar refractivity (Wildman–Crippen MR) is 59.7 cm³/mol. The number of nitrogens with zero attached hydrogens (tertiary/aromatic N) is 1. The van der Waals surface area contributed by atoms with E-state index in [0.717, 1.165) is 0 Å². The van der Waals surface area contributed by atoms with Crippen LogP contribution in [0.3, 0.4) is 0 Å². The van der Waals surface area contributed by atoms with Crippen LogP contribution in [-0.4, -0.2) is 54.9 Å². The van der Waals surface area contributed by atoms with Gasteiger partial charge in [0, 0.05) is 5.54 Å². The van der Waals surface area contributed by atoms with E-state index in [4.69, 9.17) is 31.4 Å². The summed E-state index contributed by atoms with van der Waals surface area (Å²) in [6.07, 6.45) is 0. The molecule has 0 unspecified atom stereocenters. The molecule has 0 aliphatic carbocycles. The summed E-state index contributed by atoms with van der Waals surface area (Å²) < 4.78 is 0. The van der Waals surface area contributed by atoms with Gasteiger partial charge >= 0.3 is 0 Å². The van der Waals surface area contributed by atoms with Crippen molar-refractivity contribution < 1.29 is 0 Å². The second-order valence-corrected chi connectivity index (χ2v) is 5.11. The van der Waals surface area contributed by atoms with E-state index in [1.54, 1.807) is 0 Å². The molecule has 1 saturated heterocycles. The van der Waals surface area contributed by atoms with Gasteiger partial charge in [0.15, 0.2) is 0 Å². The topological polar surface area (TPSA) is 3.24 Å². The molecule has 1 aliphatic heterocycles. The van der Waals surface area contributed by atoms with Crippen molar-refractivity contribution in [2.45, 2.75) is 36.7 Å². The van der Waals surface area contributed by atoms with Gasteiger partial charge in [-0.15, -0.1) is 0 Å². The summed E-state index contributed by atoms with van der Waals surface area (Å²) in [5.74, 6) is 0. The normalized spacial score (nSPS) is 27.6. The summed E-state index contributed by atoms with van der Waals surface area (Å²) in [4.78, 5) is 2.10. The van der Waals surface area contributed by atoms with Crippen LogP contribution in [0, 0.1) is 0 Å². The Bertz CT molecular complexity index is 191. The van der Waals surface area contributed by atoms with Crippen molar-refractivity contribution in [3.05, 3.63) is 0 Å². The highest BCUT2D eigenvalue weighted by Crippen LogP contribution is 2.49. The molecule has 1 heterocycles. The first-order valence-electron chi connectivity index (χ1n) is 4.47. The van der Waals surface area contributed by atoms with E-state index in [9.17, 15) is 0 Å². The first kappa shape index (κ1) is 11.3. The Kier molecular flexibility index (Phi) is 2.48. The van der Waals surface area contributed by atoms with Gasteiger partial charge in [-0.2, -0.15) is 0 Å². The van der Waals surface area contributed by atoms with Gasteiger partial charge in [0.2, 0.25) is 0 Å². The molecule has 5 heteroatoms. The molecule has 62 valence electrons. The Hall–Kier alpha value is 0.220. The summed E-state index contributed by atoms with van der Waals surface area (Å²) >= 11 is 0. The van der Waals surface area contributed by atoms with Gasteiger partial charge in [0.1, 0.15) is 0 Å². The van der Waals surface area contributed by atoms with E-state index in [2.05, 4.69) is 25.7 Å². The zero-order valence-electron chi connectivity index (χ0n) is 8.67. The molecule has 0 saturated carbocycles. The third-order valence-electron chi connectivity index (χ3n) is 2.72. The SMILES string of the molecule is [B]C1([B])CN(C(C)(C)C)CC1([B])[B]. The molecule has 8 radical (unpaired) electrons. The highest BCUT2D eigenvalue weighted by Gasteiger charge is 2.45. The minimum Gasteiger partial charge on any atom is -0.300 e. The lowest BCUT2D eigenvalue weighted by atomic mass is 9.31. The number of rotatable bonds is 0. The van der Waals surface area contributed by atoms with Crippen LogP contribution in [0.25, 0.3) is 0 Å². The van der Waals surface area contributed by atoms with E-state index >= 15 is 0 Å². The molecule has 0 N–H and O–H groups in total. The quantitative estimate of drug-likeness (QED) is 0.458. The lowest BCUT2D eigenvalue weighted by Crippen LogP contribution is -2.40. The molecule has 1 fully saturated rings. The van der Waals surface area contributed by atoms with Crippen LogP contribution in [0.1, 0.15) is 20.8 Å². The maximum absolute atomic E-state index is 5.83. The van der Waals surface area contributed by atoms with Crippen LogP contribution in [0.5, 0.6) is 0 Å². The fourth-order valence-electron chi connectivity index (χ4n) is 1.46. The molecule has 0 aromatic heterocycles. The average Bonchev–Trinajstić information content (AvgIpc) is 2.00. The molecule has 1 rings (SSSR count). The fourth-order valence-corrected chi connectivity index (χ4v) is 1.46. The summed E-state index contributed by atoms with van der Waals surface area (Å²) in [6.45, 7) is 7.33. The molecule has 0 aromatic rings. The van der Waals surface area contributed by atoms with Crippen LogP contribution < -0.4 is 0 Å². The van der Waals surface area contributed by atoms with Crippen LogP contribution in [0.4, 0.5) is 0 Å². The molecule has 1 nitrogen and oxygen atoms in total. The number of likely N-dealkylation sites (tertiary alicyclic amines) is 1. The second-order valence-electron chi connectivity index (χ2n) is 5.11. The van der Waals surface area contributed by atoms with Crippen LogP contribution in [0.15, 0.2) is 0 Å². The van der Waals surface area contributed by atoms with Crippen molar-refractivity contribution >= 4 is 31.4 Å². The molecule has 0 amide bonds. The highest BCUT2D eigenvalue weighted by molar-refractivity contribution is 6.54. The predicted octanol–water partition coefficient (Wildman–Crippen LogP) is 0.00690. The zero-order chi connectivity index (χ0) is 10.5. The highest BCUT2D eigenvalue weighted by atomic mass is 15.2. The van der Waals surface area contributed by atoms with Gasteiger partial charge in [0.25, 0.3) is 0 Å². The van der Waals surface area contributed by atoms with Crippen LogP contribution in [0.2, 0.25) is 10.4 Å². The van der Waals surface area contributed by atoms with Crippen LogP contribution >= 0.6 is 0 Å². The first-order chi connectivity index (χ1) is 5.56. The molecular weight excluding hydrogens is 153 g/mol. The monoisotopic (exact) mass is 167 g/mol. The maximum Gasteiger partial charge on any atom is 0.0626 e. The molecule has 0 aromatic carbocycles. The van der Waals surface area contributed by atoms with Crippen LogP contribution in [-0.2, 0) is 0 Å². The first-order valence-corrected chi connectivity index (χ1v) is 4.47. The third kappa shape index (κ3) is 2.01. The second kappa shape index (κ2) is 2.85.